The summed E-state index contributed by atoms with van der Waals surface area (Å²) in [5.74, 6) is 0. The maximum Gasteiger partial charge on any atom is 1.00 e. The van der Waals surface area contributed by atoms with Crippen LogP contribution in [0.4, 0.5) is 56.6 Å². The van der Waals surface area contributed by atoms with Crippen LogP contribution in [0.3, 0.4) is 0 Å². The molecular weight excluding hydrogens is 492 g/mol. The molecule has 1 rings (SSSR count). The van der Waals surface area contributed by atoms with Gasteiger partial charge in [-0.25, -0.2) is 4.79 Å². The molecular formula is C11H21B3F12KN2O2-3. The average molecular weight is 513 g/mol. The summed E-state index contributed by atoms with van der Waals surface area (Å²) >= 11 is 0. The summed E-state index contributed by atoms with van der Waals surface area (Å²) in [6.45, 7) is 9.90. The Morgan fingerprint density at radius 2 is 1.13 bits per heavy atom. The molecule has 0 spiro atoms. The summed E-state index contributed by atoms with van der Waals surface area (Å²) in [4.78, 5) is 15.5. The monoisotopic (exact) mass is 513 g/mol. The van der Waals surface area contributed by atoms with E-state index in [4.69, 9.17) is 4.74 Å². The van der Waals surface area contributed by atoms with Crippen LogP contribution in [-0.4, -0.2) is 68.9 Å². The molecule has 1 fully saturated rings. The van der Waals surface area contributed by atoms with E-state index in [2.05, 4.69) is 14.0 Å². The first kappa shape index (κ1) is 38.5. The summed E-state index contributed by atoms with van der Waals surface area (Å²) in [6, 6.07) is 0.297. The number of halogens is 12. The molecule has 1 aliphatic rings. The van der Waals surface area contributed by atoms with E-state index in [0.717, 1.165) is 6.54 Å². The first-order valence-corrected chi connectivity index (χ1v) is 7.96. The number of piperazine rings is 1. The Bertz CT molecular complexity index is 442. The van der Waals surface area contributed by atoms with E-state index >= 15 is 0 Å². The van der Waals surface area contributed by atoms with Crippen LogP contribution >= 0.6 is 0 Å². The molecule has 0 aromatic carbocycles. The number of hydrogen-bond acceptors (Lipinski definition) is 3. The van der Waals surface area contributed by atoms with Gasteiger partial charge in [0.15, 0.2) is 0 Å². The van der Waals surface area contributed by atoms with Crippen molar-refractivity contribution in [1.29, 1.82) is 0 Å². The third kappa shape index (κ3) is 48.7. The van der Waals surface area contributed by atoms with E-state index < -0.39 is 27.4 Å². The van der Waals surface area contributed by atoms with Gasteiger partial charge in [-0.05, 0) is 33.4 Å². The van der Waals surface area contributed by atoms with E-state index in [9.17, 15) is 56.6 Å². The van der Waals surface area contributed by atoms with Crippen LogP contribution < -0.4 is 51.4 Å². The molecule has 0 bridgehead atoms. The van der Waals surface area contributed by atoms with Crippen molar-refractivity contribution < 1.29 is 113 Å². The average Bonchev–Trinajstić information content (AvgIpc) is 2.33. The SMILES string of the molecule is F[B-](F)(F)F.F[B-](F)(F)F.F[B-](F)(F)F.[CH2-]N1CCN(C(=O)OC(C)(C)C)CC1C.[K+]. The van der Waals surface area contributed by atoms with E-state index in [0.29, 0.717) is 19.1 Å². The predicted octanol–water partition coefficient (Wildman–Crippen LogP) is 2.62. The van der Waals surface area contributed by atoms with Gasteiger partial charge in [-0.1, -0.05) is 6.92 Å². The molecule has 31 heavy (non-hydrogen) atoms. The van der Waals surface area contributed by atoms with Gasteiger partial charge in [-0.2, -0.15) is 0 Å². The van der Waals surface area contributed by atoms with Crippen molar-refractivity contribution in [3.8, 4) is 0 Å². The number of hydrogen-bond donors (Lipinski definition) is 0. The van der Waals surface area contributed by atoms with Gasteiger partial charge in [0.25, 0.3) is 0 Å². The number of rotatable bonds is 0. The van der Waals surface area contributed by atoms with Gasteiger partial charge in [0, 0.05) is 13.1 Å². The molecule has 0 N–H and O–H groups in total. The molecule has 0 radical (unpaired) electrons. The molecule has 0 aliphatic carbocycles. The Labute approximate surface area is 215 Å². The number of carbonyl (C=O) groups is 1. The molecule has 0 saturated carbocycles. The number of nitrogens with zero attached hydrogens (tertiary/aromatic N) is 2. The zero-order valence-electron chi connectivity index (χ0n) is 17.4. The van der Waals surface area contributed by atoms with Crippen molar-refractivity contribution in [3.05, 3.63) is 7.05 Å². The van der Waals surface area contributed by atoms with Crippen LogP contribution in [0, 0.1) is 7.05 Å². The molecule has 1 unspecified atom stereocenters. The molecule has 1 amide bonds. The van der Waals surface area contributed by atoms with E-state index in [1.807, 2.05) is 25.7 Å². The van der Waals surface area contributed by atoms with E-state index in [1.54, 1.807) is 4.90 Å². The van der Waals surface area contributed by atoms with Gasteiger partial charge in [0.05, 0.1) is 0 Å². The zero-order chi connectivity index (χ0) is 25.1. The number of ether oxygens (including phenoxy) is 1. The minimum absolute atomic E-state index is 0. The summed E-state index contributed by atoms with van der Waals surface area (Å²) in [5.41, 5.74) is -0.415. The molecule has 184 valence electrons. The molecule has 1 saturated heterocycles. The Morgan fingerprint density at radius 3 is 1.35 bits per heavy atom. The maximum atomic E-state index is 11.7. The van der Waals surface area contributed by atoms with Gasteiger partial charge >= 0.3 is 79.2 Å². The first-order chi connectivity index (χ1) is 12.8. The quantitative estimate of drug-likeness (QED) is 0.284. The van der Waals surface area contributed by atoms with Crippen LogP contribution in [0.5, 0.6) is 0 Å². The fraction of sp³-hybridized carbons (Fsp3) is 0.818. The predicted molar refractivity (Wildman–Crippen MR) is 89.9 cm³/mol. The van der Waals surface area contributed by atoms with Crippen LogP contribution in [-0.2, 0) is 4.74 Å². The molecule has 0 aromatic heterocycles. The number of carbonyl (C=O) groups excluding carboxylic acids is 1. The van der Waals surface area contributed by atoms with Crippen LogP contribution in [0.2, 0.25) is 0 Å². The molecule has 0 aromatic rings. The van der Waals surface area contributed by atoms with Crippen molar-refractivity contribution in [2.24, 2.45) is 0 Å². The first-order valence-electron chi connectivity index (χ1n) is 7.96. The minimum Gasteiger partial charge on any atom is -0.454 e. The molecule has 4 nitrogen and oxygen atoms in total. The largest absolute Gasteiger partial charge is 1.00 e. The van der Waals surface area contributed by atoms with Crippen molar-refractivity contribution in [3.63, 3.8) is 0 Å². The van der Waals surface area contributed by atoms with Crippen molar-refractivity contribution in [2.45, 2.75) is 39.3 Å². The number of amides is 1. The van der Waals surface area contributed by atoms with Crippen LogP contribution in [0.25, 0.3) is 0 Å². The summed E-state index contributed by atoms with van der Waals surface area (Å²) in [5, 5.41) is 0. The van der Waals surface area contributed by atoms with Gasteiger partial charge in [0.2, 0.25) is 0 Å². The third-order valence-electron chi connectivity index (χ3n) is 2.42. The second-order valence-corrected chi connectivity index (χ2v) is 6.57. The van der Waals surface area contributed by atoms with Crippen molar-refractivity contribution >= 4 is 27.9 Å². The Morgan fingerprint density at radius 1 is 0.839 bits per heavy atom. The van der Waals surface area contributed by atoms with Gasteiger partial charge < -0.3 is 66.3 Å². The summed E-state index contributed by atoms with van der Waals surface area (Å²) in [6.07, 6.45) is -0.220. The zero-order valence-corrected chi connectivity index (χ0v) is 20.5. The van der Waals surface area contributed by atoms with Gasteiger partial charge in [-0.15, -0.1) is 0 Å². The standard InChI is InChI=1S/C11H21N2O2.3BF4.K/c1-9-8-13(7-6-12(9)5)10(14)15-11(2,3)4;3*2-1(3,4)5;/h9H,5-8H2,1-4H3;;;;/q4*-1;+1. The maximum absolute atomic E-state index is 11.7. The van der Waals surface area contributed by atoms with Gasteiger partial charge in [-0.3, -0.25) is 7.05 Å². The Hall–Kier alpha value is 0.221. The Kier molecular flexibility index (Phi) is 19.8. The fourth-order valence-electron chi connectivity index (χ4n) is 1.49. The second kappa shape index (κ2) is 16.0. The summed E-state index contributed by atoms with van der Waals surface area (Å²) < 4.78 is 122. The molecule has 20 heteroatoms. The summed E-state index contributed by atoms with van der Waals surface area (Å²) in [7, 11) is -14.1. The minimum atomic E-state index is -6.00. The molecule has 1 atom stereocenters. The topological polar surface area (TPSA) is 32.8 Å². The van der Waals surface area contributed by atoms with Crippen LogP contribution in [0.1, 0.15) is 27.7 Å². The second-order valence-electron chi connectivity index (χ2n) is 6.57. The Balaban J connectivity index is -0.000000189. The van der Waals surface area contributed by atoms with E-state index in [-0.39, 0.29) is 57.5 Å². The molecule has 1 heterocycles. The third-order valence-corrected chi connectivity index (χ3v) is 2.42. The van der Waals surface area contributed by atoms with E-state index in [1.165, 1.54) is 0 Å². The fourth-order valence-corrected chi connectivity index (χ4v) is 1.49. The van der Waals surface area contributed by atoms with Gasteiger partial charge in [0.1, 0.15) is 5.60 Å². The normalized spacial score (nSPS) is 17.5. The van der Waals surface area contributed by atoms with Crippen molar-refractivity contribution in [1.82, 2.24) is 9.80 Å². The molecule has 1 aliphatic heterocycles. The van der Waals surface area contributed by atoms with Crippen molar-refractivity contribution in [2.75, 3.05) is 19.6 Å². The van der Waals surface area contributed by atoms with Crippen LogP contribution in [0.15, 0.2) is 0 Å². The smallest absolute Gasteiger partial charge is 0.454 e.